The van der Waals surface area contributed by atoms with Gasteiger partial charge in [-0.3, -0.25) is 4.79 Å². The van der Waals surface area contributed by atoms with Crippen LogP contribution in [0.5, 0.6) is 0 Å². The molecule has 0 aromatic rings. The summed E-state index contributed by atoms with van der Waals surface area (Å²) in [5, 5.41) is 26.4. The van der Waals surface area contributed by atoms with Crippen molar-refractivity contribution in [1.29, 1.82) is 0 Å². The lowest BCUT2D eigenvalue weighted by Crippen LogP contribution is -2.31. The van der Waals surface area contributed by atoms with Gasteiger partial charge in [0, 0.05) is 6.61 Å². The Labute approximate surface area is 86.3 Å². The van der Waals surface area contributed by atoms with Gasteiger partial charge < -0.3 is 15.3 Å². The first-order valence-electron chi connectivity index (χ1n) is 4.49. The number of hydrogen-bond acceptors (Lipinski definition) is 3. The van der Waals surface area contributed by atoms with Gasteiger partial charge in [-0.15, -0.1) is 0 Å². The molecule has 0 saturated carbocycles. The van der Waals surface area contributed by atoms with Crippen LogP contribution in [0.4, 0.5) is 0 Å². The summed E-state index contributed by atoms with van der Waals surface area (Å²) in [5.41, 5.74) is -1.07. The lowest BCUT2D eigenvalue weighted by atomic mass is 9.77. The lowest BCUT2D eigenvalue weighted by Gasteiger charge is -2.26. The Hall–Kier alpha value is -1.62. The van der Waals surface area contributed by atoms with E-state index in [1.807, 2.05) is 0 Å². The van der Waals surface area contributed by atoms with Crippen LogP contribution in [0.15, 0.2) is 23.8 Å². The van der Waals surface area contributed by atoms with Crippen LogP contribution in [0.1, 0.15) is 12.8 Å². The number of hydrogen-bond donors (Lipinski definition) is 3. The molecule has 0 amide bonds. The molecule has 0 aromatic carbocycles. The van der Waals surface area contributed by atoms with Crippen LogP contribution in [-0.2, 0) is 9.59 Å². The van der Waals surface area contributed by atoms with Crippen LogP contribution in [0.2, 0.25) is 0 Å². The van der Waals surface area contributed by atoms with Crippen molar-refractivity contribution in [3.05, 3.63) is 23.8 Å². The topological polar surface area (TPSA) is 94.8 Å². The number of aliphatic hydroxyl groups excluding tert-OH is 1. The summed E-state index contributed by atoms with van der Waals surface area (Å²) >= 11 is 0. The third-order valence-electron chi connectivity index (χ3n) is 2.50. The molecule has 0 saturated heterocycles. The zero-order chi connectivity index (χ0) is 11.5. The molecule has 15 heavy (non-hydrogen) atoms. The van der Waals surface area contributed by atoms with Crippen LogP contribution in [0.3, 0.4) is 0 Å². The van der Waals surface area contributed by atoms with E-state index in [1.54, 1.807) is 0 Å². The molecule has 0 aliphatic heterocycles. The summed E-state index contributed by atoms with van der Waals surface area (Å²) < 4.78 is 0. The molecule has 0 heterocycles. The first-order chi connectivity index (χ1) is 7.02. The van der Waals surface area contributed by atoms with E-state index in [4.69, 9.17) is 15.3 Å². The Morgan fingerprint density at radius 2 is 2.07 bits per heavy atom. The largest absolute Gasteiger partial charge is 0.481 e. The summed E-state index contributed by atoms with van der Waals surface area (Å²) in [5.74, 6) is -2.12. The summed E-state index contributed by atoms with van der Waals surface area (Å²) in [7, 11) is 0. The maximum Gasteiger partial charge on any atom is 0.335 e. The summed E-state index contributed by atoms with van der Waals surface area (Å²) in [4.78, 5) is 21.6. The number of aliphatic hydroxyl groups is 1. The second-order valence-corrected chi connectivity index (χ2v) is 3.44. The van der Waals surface area contributed by atoms with Gasteiger partial charge in [0.05, 0.1) is 11.0 Å². The highest BCUT2D eigenvalue weighted by molar-refractivity contribution is 5.91. The average Bonchev–Trinajstić information content (AvgIpc) is 2.18. The van der Waals surface area contributed by atoms with E-state index >= 15 is 0 Å². The molecular weight excluding hydrogens is 200 g/mol. The maximum atomic E-state index is 11.0. The normalized spacial score (nSPS) is 24.7. The minimum absolute atomic E-state index is 0.0855. The minimum Gasteiger partial charge on any atom is -0.481 e. The second-order valence-electron chi connectivity index (χ2n) is 3.44. The van der Waals surface area contributed by atoms with Crippen molar-refractivity contribution in [2.24, 2.45) is 5.41 Å². The van der Waals surface area contributed by atoms with Crippen molar-refractivity contribution in [2.75, 3.05) is 6.61 Å². The number of carboxylic acid groups (broad SMARTS) is 2. The molecular formula is C10H12O5. The van der Waals surface area contributed by atoms with Crippen molar-refractivity contribution in [3.8, 4) is 0 Å². The third kappa shape index (κ3) is 2.24. The van der Waals surface area contributed by atoms with Crippen molar-refractivity contribution in [2.45, 2.75) is 12.8 Å². The fraction of sp³-hybridized carbons (Fsp3) is 0.400. The van der Waals surface area contributed by atoms with Crippen molar-refractivity contribution < 1.29 is 24.9 Å². The van der Waals surface area contributed by atoms with E-state index < -0.39 is 17.4 Å². The van der Waals surface area contributed by atoms with Gasteiger partial charge in [0.1, 0.15) is 0 Å². The maximum absolute atomic E-state index is 11.0. The highest BCUT2D eigenvalue weighted by Crippen LogP contribution is 2.33. The van der Waals surface area contributed by atoms with Crippen molar-refractivity contribution in [3.63, 3.8) is 0 Å². The van der Waals surface area contributed by atoms with E-state index in [2.05, 4.69) is 0 Å². The fourth-order valence-corrected chi connectivity index (χ4v) is 1.49. The SMILES string of the molecule is O=C(O)C1=CCC(CCO)(C(=O)O)C=C1. The van der Waals surface area contributed by atoms with E-state index in [-0.39, 0.29) is 25.0 Å². The first-order valence-corrected chi connectivity index (χ1v) is 4.49. The molecule has 1 atom stereocenters. The molecule has 0 aromatic heterocycles. The fourth-order valence-electron chi connectivity index (χ4n) is 1.49. The average molecular weight is 212 g/mol. The molecule has 82 valence electrons. The smallest absolute Gasteiger partial charge is 0.335 e. The summed E-state index contributed by atoms with van der Waals surface area (Å²) in [6.45, 7) is -0.243. The van der Waals surface area contributed by atoms with Gasteiger partial charge in [-0.2, -0.15) is 0 Å². The van der Waals surface area contributed by atoms with Crippen LogP contribution in [0, 0.1) is 5.41 Å². The zero-order valence-corrected chi connectivity index (χ0v) is 8.01. The Balaban J connectivity index is 2.89. The third-order valence-corrected chi connectivity index (χ3v) is 2.50. The van der Waals surface area contributed by atoms with E-state index in [0.29, 0.717) is 0 Å². The lowest BCUT2D eigenvalue weighted by molar-refractivity contribution is -0.147. The Kier molecular flexibility index (Phi) is 3.26. The van der Waals surface area contributed by atoms with Gasteiger partial charge in [0.2, 0.25) is 0 Å². The minimum atomic E-state index is -1.16. The molecule has 3 N–H and O–H groups in total. The molecule has 1 rings (SSSR count). The standard InChI is InChI=1S/C10H12O5/c11-6-5-10(9(14)15)3-1-7(2-4-10)8(12)13/h1-3,11H,4-6H2,(H,12,13)(H,14,15). The zero-order valence-electron chi connectivity index (χ0n) is 8.01. The molecule has 1 aliphatic rings. The van der Waals surface area contributed by atoms with Crippen molar-refractivity contribution in [1.82, 2.24) is 0 Å². The summed E-state index contributed by atoms with van der Waals surface area (Å²) in [6, 6.07) is 0. The molecule has 0 radical (unpaired) electrons. The number of aliphatic carboxylic acids is 2. The van der Waals surface area contributed by atoms with E-state index in [9.17, 15) is 9.59 Å². The number of carboxylic acids is 2. The molecule has 5 heteroatoms. The van der Waals surface area contributed by atoms with Gasteiger partial charge in [0.15, 0.2) is 0 Å². The number of carbonyl (C=O) groups is 2. The highest BCUT2D eigenvalue weighted by atomic mass is 16.4. The Morgan fingerprint density at radius 1 is 1.40 bits per heavy atom. The molecule has 5 nitrogen and oxygen atoms in total. The van der Waals surface area contributed by atoms with Gasteiger partial charge >= 0.3 is 11.9 Å². The van der Waals surface area contributed by atoms with Crippen LogP contribution >= 0.6 is 0 Å². The molecule has 0 bridgehead atoms. The van der Waals surface area contributed by atoms with E-state index in [1.165, 1.54) is 18.2 Å². The van der Waals surface area contributed by atoms with Crippen LogP contribution in [0.25, 0.3) is 0 Å². The van der Waals surface area contributed by atoms with Crippen LogP contribution in [-0.4, -0.2) is 33.9 Å². The predicted molar refractivity (Wildman–Crippen MR) is 51.2 cm³/mol. The second kappa shape index (κ2) is 4.27. The number of allylic oxidation sites excluding steroid dienone is 1. The molecule has 1 unspecified atom stereocenters. The van der Waals surface area contributed by atoms with Gasteiger partial charge in [-0.25, -0.2) is 4.79 Å². The quantitative estimate of drug-likeness (QED) is 0.627. The number of rotatable bonds is 4. The monoisotopic (exact) mass is 212 g/mol. The van der Waals surface area contributed by atoms with Gasteiger partial charge in [-0.05, 0) is 12.8 Å². The highest BCUT2D eigenvalue weighted by Gasteiger charge is 2.36. The Morgan fingerprint density at radius 3 is 2.40 bits per heavy atom. The van der Waals surface area contributed by atoms with Gasteiger partial charge in [-0.1, -0.05) is 18.2 Å². The Bertz CT molecular complexity index is 342. The predicted octanol–water partition coefficient (Wildman–Crippen LogP) is 0.411. The summed E-state index contributed by atoms with van der Waals surface area (Å²) in [6.07, 6.45) is 4.17. The molecule has 0 spiro atoms. The van der Waals surface area contributed by atoms with E-state index in [0.717, 1.165) is 0 Å². The molecule has 1 aliphatic carbocycles. The van der Waals surface area contributed by atoms with Gasteiger partial charge in [0.25, 0.3) is 0 Å². The van der Waals surface area contributed by atoms with Crippen LogP contribution < -0.4 is 0 Å². The molecule has 0 fully saturated rings. The first kappa shape index (κ1) is 11.5. The van der Waals surface area contributed by atoms with Crippen molar-refractivity contribution >= 4 is 11.9 Å².